The normalized spacial score (nSPS) is 21.5. The Labute approximate surface area is 113 Å². The Morgan fingerprint density at radius 3 is 2.44 bits per heavy atom. The van der Waals surface area contributed by atoms with Crippen molar-refractivity contribution in [1.82, 2.24) is 5.32 Å². The summed E-state index contributed by atoms with van der Waals surface area (Å²) in [6.07, 6.45) is 10.7. The molecule has 0 aliphatic heterocycles. The molecule has 3 N–H and O–H groups in total. The third kappa shape index (κ3) is 6.17. The average Bonchev–Trinajstić information content (AvgIpc) is 2.65. The fourth-order valence-electron chi connectivity index (χ4n) is 3.10. The molecule has 0 spiro atoms. The molecular weight excluding hydrogens is 224 g/mol. The van der Waals surface area contributed by atoms with Gasteiger partial charge in [0.15, 0.2) is 0 Å². The summed E-state index contributed by atoms with van der Waals surface area (Å²) in [7, 11) is 1.79. The van der Waals surface area contributed by atoms with Crippen LogP contribution in [0.1, 0.15) is 58.3 Å². The van der Waals surface area contributed by atoms with Crippen LogP contribution in [0, 0.1) is 5.92 Å². The van der Waals surface area contributed by atoms with Crippen LogP contribution in [0.2, 0.25) is 0 Å². The Kier molecular flexibility index (Phi) is 8.64. The van der Waals surface area contributed by atoms with Gasteiger partial charge in [0.05, 0.1) is 6.61 Å². The Balaban J connectivity index is 2.35. The highest BCUT2D eigenvalue weighted by molar-refractivity contribution is 4.79. The van der Waals surface area contributed by atoms with Gasteiger partial charge in [0.25, 0.3) is 0 Å². The van der Waals surface area contributed by atoms with E-state index in [-0.39, 0.29) is 0 Å². The Hall–Kier alpha value is -0.120. The average molecular weight is 256 g/mol. The van der Waals surface area contributed by atoms with Gasteiger partial charge in [-0.1, -0.05) is 25.7 Å². The molecule has 0 saturated heterocycles. The first-order chi connectivity index (χ1) is 8.77. The van der Waals surface area contributed by atoms with E-state index in [1.807, 2.05) is 0 Å². The van der Waals surface area contributed by atoms with E-state index in [2.05, 4.69) is 12.2 Å². The van der Waals surface area contributed by atoms with Gasteiger partial charge in [0.1, 0.15) is 0 Å². The van der Waals surface area contributed by atoms with Crippen LogP contribution >= 0.6 is 0 Å². The minimum atomic E-state index is 0.469. The monoisotopic (exact) mass is 256 g/mol. The van der Waals surface area contributed by atoms with Gasteiger partial charge in [-0.05, 0) is 45.1 Å². The van der Waals surface area contributed by atoms with E-state index in [0.29, 0.717) is 12.1 Å². The first kappa shape index (κ1) is 15.9. The van der Waals surface area contributed by atoms with Crippen LogP contribution < -0.4 is 11.1 Å². The second-order valence-corrected chi connectivity index (χ2v) is 5.79. The highest BCUT2D eigenvalue weighted by Crippen LogP contribution is 2.25. The van der Waals surface area contributed by atoms with Crippen molar-refractivity contribution >= 4 is 0 Å². The van der Waals surface area contributed by atoms with Gasteiger partial charge in [-0.15, -0.1) is 0 Å². The van der Waals surface area contributed by atoms with Crippen molar-refractivity contribution in [3.8, 4) is 0 Å². The maximum absolute atomic E-state index is 5.60. The SMILES string of the molecule is COCC(CCCN)N[C@H](C)C1CCCCCC1. The molecule has 3 nitrogen and oxygen atoms in total. The smallest absolute Gasteiger partial charge is 0.0615 e. The van der Waals surface area contributed by atoms with Crippen molar-refractivity contribution in [2.24, 2.45) is 11.7 Å². The lowest BCUT2D eigenvalue weighted by Crippen LogP contribution is -2.43. The highest BCUT2D eigenvalue weighted by atomic mass is 16.5. The maximum atomic E-state index is 5.60. The van der Waals surface area contributed by atoms with Gasteiger partial charge in [0, 0.05) is 19.2 Å². The quantitative estimate of drug-likeness (QED) is 0.656. The van der Waals surface area contributed by atoms with Crippen molar-refractivity contribution in [3.63, 3.8) is 0 Å². The molecule has 0 amide bonds. The summed E-state index contributed by atoms with van der Waals surface area (Å²) in [4.78, 5) is 0. The molecule has 1 unspecified atom stereocenters. The summed E-state index contributed by atoms with van der Waals surface area (Å²) in [5.41, 5.74) is 5.60. The first-order valence-electron chi connectivity index (χ1n) is 7.73. The lowest BCUT2D eigenvalue weighted by molar-refractivity contribution is 0.148. The van der Waals surface area contributed by atoms with Crippen LogP contribution in [0.15, 0.2) is 0 Å². The molecule has 108 valence electrons. The molecule has 0 aromatic rings. The van der Waals surface area contributed by atoms with Crippen LogP contribution in [-0.2, 0) is 4.74 Å². The Morgan fingerprint density at radius 2 is 1.89 bits per heavy atom. The molecule has 1 aliphatic carbocycles. The lowest BCUT2D eigenvalue weighted by atomic mass is 9.92. The van der Waals surface area contributed by atoms with Crippen molar-refractivity contribution in [1.29, 1.82) is 0 Å². The topological polar surface area (TPSA) is 47.3 Å². The van der Waals surface area contributed by atoms with E-state index in [1.165, 1.54) is 38.5 Å². The zero-order valence-corrected chi connectivity index (χ0v) is 12.3. The highest BCUT2D eigenvalue weighted by Gasteiger charge is 2.21. The Morgan fingerprint density at radius 1 is 1.22 bits per heavy atom. The molecule has 0 heterocycles. The minimum absolute atomic E-state index is 0.469. The van der Waals surface area contributed by atoms with Gasteiger partial charge >= 0.3 is 0 Å². The van der Waals surface area contributed by atoms with Crippen molar-refractivity contribution < 1.29 is 4.74 Å². The second kappa shape index (κ2) is 9.76. The summed E-state index contributed by atoms with van der Waals surface area (Å²) in [5.74, 6) is 0.852. The van der Waals surface area contributed by atoms with E-state index < -0.39 is 0 Å². The first-order valence-corrected chi connectivity index (χ1v) is 7.73. The third-order valence-electron chi connectivity index (χ3n) is 4.23. The molecular formula is C15H32N2O. The Bertz CT molecular complexity index is 191. The minimum Gasteiger partial charge on any atom is -0.383 e. The third-order valence-corrected chi connectivity index (χ3v) is 4.23. The standard InChI is InChI=1S/C15H32N2O/c1-13(14-8-5-3-4-6-9-14)17-15(12-18-2)10-7-11-16/h13-15,17H,3-12,16H2,1-2H3/t13-,15?/m1/s1. The zero-order chi connectivity index (χ0) is 13.2. The van der Waals surface area contributed by atoms with Gasteiger partial charge < -0.3 is 15.8 Å². The molecule has 0 aromatic heterocycles. The second-order valence-electron chi connectivity index (χ2n) is 5.79. The van der Waals surface area contributed by atoms with Gasteiger partial charge in [-0.25, -0.2) is 0 Å². The van der Waals surface area contributed by atoms with Crippen LogP contribution in [0.4, 0.5) is 0 Å². The number of nitrogens with one attached hydrogen (secondary N) is 1. The summed E-state index contributed by atoms with van der Waals surface area (Å²) in [6, 6.07) is 1.08. The van der Waals surface area contributed by atoms with Crippen LogP contribution in [0.5, 0.6) is 0 Å². The van der Waals surface area contributed by atoms with Crippen molar-refractivity contribution in [2.75, 3.05) is 20.3 Å². The maximum Gasteiger partial charge on any atom is 0.0615 e. The summed E-state index contributed by atoms with van der Waals surface area (Å²) < 4.78 is 5.31. The number of ether oxygens (including phenoxy) is 1. The molecule has 18 heavy (non-hydrogen) atoms. The lowest BCUT2D eigenvalue weighted by Gasteiger charge is -2.28. The fraction of sp³-hybridized carbons (Fsp3) is 1.00. The van der Waals surface area contributed by atoms with Gasteiger partial charge in [0.2, 0.25) is 0 Å². The van der Waals surface area contributed by atoms with E-state index in [0.717, 1.165) is 31.9 Å². The molecule has 2 atom stereocenters. The van der Waals surface area contributed by atoms with Crippen LogP contribution in [0.3, 0.4) is 0 Å². The molecule has 0 radical (unpaired) electrons. The predicted molar refractivity (Wildman–Crippen MR) is 77.7 cm³/mol. The predicted octanol–water partition coefficient (Wildman–Crippen LogP) is 2.69. The molecule has 3 heteroatoms. The van der Waals surface area contributed by atoms with E-state index >= 15 is 0 Å². The fourth-order valence-corrected chi connectivity index (χ4v) is 3.10. The van der Waals surface area contributed by atoms with Crippen molar-refractivity contribution in [2.45, 2.75) is 70.4 Å². The van der Waals surface area contributed by atoms with Crippen LogP contribution in [0.25, 0.3) is 0 Å². The van der Waals surface area contributed by atoms with E-state index in [4.69, 9.17) is 10.5 Å². The molecule has 1 aliphatic rings. The van der Waals surface area contributed by atoms with Gasteiger partial charge in [-0.2, -0.15) is 0 Å². The molecule has 0 bridgehead atoms. The number of rotatable bonds is 8. The summed E-state index contributed by atoms with van der Waals surface area (Å²) >= 11 is 0. The summed E-state index contributed by atoms with van der Waals surface area (Å²) in [6.45, 7) is 3.93. The zero-order valence-electron chi connectivity index (χ0n) is 12.3. The van der Waals surface area contributed by atoms with Crippen LogP contribution in [-0.4, -0.2) is 32.3 Å². The number of nitrogens with two attached hydrogens (primary N) is 1. The number of hydrogen-bond acceptors (Lipinski definition) is 3. The molecule has 1 rings (SSSR count). The summed E-state index contributed by atoms with van der Waals surface area (Å²) in [5, 5.41) is 3.77. The molecule has 0 aromatic carbocycles. The van der Waals surface area contributed by atoms with Gasteiger partial charge in [-0.3, -0.25) is 0 Å². The largest absolute Gasteiger partial charge is 0.383 e. The van der Waals surface area contributed by atoms with E-state index in [9.17, 15) is 0 Å². The van der Waals surface area contributed by atoms with Crippen molar-refractivity contribution in [3.05, 3.63) is 0 Å². The molecule has 1 saturated carbocycles. The number of methoxy groups -OCH3 is 1. The number of hydrogen-bond donors (Lipinski definition) is 2. The van der Waals surface area contributed by atoms with E-state index in [1.54, 1.807) is 7.11 Å². The molecule has 1 fully saturated rings.